The Morgan fingerprint density at radius 3 is 2.29 bits per heavy atom. The van der Waals surface area contributed by atoms with Gasteiger partial charge in [-0.2, -0.15) is 0 Å². The van der Waals surface area contributed by atoms with Gasteiger partial charge in [-0.25, -0.2) is 0 Å². The number of hydrogen-bond donors (Lipinski definition) is 0. The lowest BCUT2D eigenvalue weighted by molar-refractivity contribution is 0.00578. The van der Waals surface area contributed by atoms with Crippen molar-refractivity contribution >= 4 is 19.0 Å². The van der Waals surface area contributed by atoms with Crippen LogP contribution in [0.25, 0.3) is 0 Å². The summed E-state index contributed by atoms with van der Waals surface area (Å²) in [6.07, 6.45) is 0.717. The van der Waals surface area contributed by atoms with Crippen LogP contribution in [0.1, 0.15) is 38.2 Å². The Balaban J connectivity index is 2.28. The van der Waals surface area contributed by atoms with Gasteiger partial charge in [0, 0.05) is 0 Å². The maximum atomic E-state index is 10.7. The molecule has 1 fully saturated rings. The predicted molar refractivity (Wildman–Crippen MR) is 65.3 cm³/mol. The van der Waals surface area contributed by atoms with Crippen LogP contribution in [0.3, 0.4) is 0 Å². The number of rotatable bonds is 2. The molecule has 0 saturated carbocycles. The van der Waals surface area contributed by atoms with E-state index in [0.717, 1.165) is 6.29 Å². The van der Waals surface area contributed by atoms with Gasteiger partial charge >= 0.3 is 7.12 Å². The van der Waals surface area contributed by atoms with Crippen molar-refractivity contribution in [3.05, 3.63) is 23.9 Å². The summed E-state index contributed by atoms with van der Waals surface area (Å²) in [5.74, 6) is 0. The fourth-order valence-electron chi connectivity index (χ4n) is 1.63. The van der Waals surface area contributed by atoms with Crippen molar-refractivity contribution in [2.75, 3.05) is 0 Å². The summed E-state index contributed by atoms with van der Waals surface area (Å²) < 4.78 is 11.7. The second-order valence-corrected chi connectivity index (χ2v) is 5.19. The van der Waals surface area contributed by atoms with Crippen molar-refractivity contribution < 1.29 is 14.1 Å². The molecule has 2 heterocycles. The lowest BCUT2D eigenvalue weighted by Gasteiger charge is -2.32. The Bertz CT molecular complexity index is 429. The summed E-state index contributed by atoms with van der Waals surface area (Å²) in [6, 6.07) is 5.23. The highest BCUT2D eigenvalue weighted by molar-refractivity contribution is 6.61. The van der Waals surface area contributed by atoms with E-state index in [-0.39, 0.29) is 0 Å². The average Bonchev–Trinajstić information content (AvgIpc) is 2.48. The third kappa shape index (κ3) is 2.12. The zero-order chi connectivity index (χ0) is 12.7. The second-order valence-electron chi connectivity index (χ2n) is 5.19. The van der Waals surface area contributed by atoms with Crippen LogP contribution in [-0.2, 0) is 9.31 Å². The van der Waals surface area contributed by atoms with Gasteiger partial charge in [0.15, 0.2) is 6.29 Å². The van der Waals surface area contributed by atoms with Crippen LogP contribution in [-0.4, -0.2) is 29.6 Å². The SMILES string of the molecule is CC1(C)OB(c2cccc(C=O)n2)OC1(C)C. The van der Waals surface area contributed by atoms with Crippen LogP contribution < -0.4 is 5.59 Å². The van der Waals surface area contributed by atoms with Crippen LogP contribution in [0, 0.1) is 0 Å². The number of hydrogen-bond acceptors (Lipinski definition) is 4. The molecule has 0 aromatic carbocycles. The summed E-state index contributed by atoms with van der Waals surface area (Å²) >= 11 is 0. The lowest BCUT2D eigenvalue weighted by atomic mass is 9.84. The molecule has 2 rings (SSSR count). The van der Waals surface area contributed by atoms with E-state index in [1.807, 2.05) is 27.7 Å². The molecule has 1 saturated heterocycles. The first-order valence-corrected chi connectivity index (χ1v) is 5.63. The molecule has 0 spiro atoms. The number of nitrogens with zero attached hydrogens (tertiary/aromatic N) is 1. The zero-order valence-corrected chi connectivity index (χ0v) is 10.6. The standard InChI is InChI=1S/C12H16BNO3/c1-11(2)12(3,4)17-13(16-11)10-7-5-6-9(8-15)14-10/h5-8H,1-4H3. The molecule has 0 amide bonds. The molecule has 5 heteroatoms. The minimum Gasteiger partial charge on any atom is -0.398 e. The maximum Gasteiger partial charge on any atom is 0.514 e. The van der Waals surface area contributed by atoms with Gasteiger partial charge in [-0.1, -0.05) is 6.07 Å². The lowest BCUT2D eigenvalue weighted by Crippen LogP contribution is -2.41. The van der Waals surface area contributed by atoms with Crippen LogP contribution in [0.15, 0.2) is 18.2 Å². The molecular formula is C12H16BNO3. The van der Waals surface area contributed by atoms with Gasteiger partial charge in [-0.15, -0.1) is 0 Å². The number of pyridine rings is 1. The van der Waals surface area contributed by atoms with Gasteiger partial charge in [-0.3, -0.25) is 9.78 Å². The number of aldehydes is 1. The summed E-state index contributed by atoms with van der Waals surface area (Å²) in [6.45, 7) is 7.93. The molecule has 1 aromatic heterocycles. The van der Waals surface area contributed by atoms with E-state index < -0.39 is 18.3 Å². The molecule has 17 heavy (non-hydrogen) atoms. The van der Waals surface area contributed by atoms with Gasteiger partial charge in [0.1, 0.15) is 5.69 Å². The normalized spacial score (nSPS) is 21.5. The molecule has 0 N–H and O–H groups in total. The van der Waals surface area contributed by atoms with Crippen LogP contribution >= 0.6 is 0 Å². The molecule has 0 aliphatic carbocycles. The first kappa shape index (κ1) is 12.3. The number of carbonyl (C=O) groups excluding carboxylic acids is 1. The highest BCUT2D eigenvalue weighted by Crippen LogP contribution is 2.36. The first-order valence-electron chi connectivity index (χ1n) is 5.63. The van der Waals surface area contributed by atoms with Gasteiger partial charge in [0.05, 0.1) is 16.8 Å². The minimum absolute atomic E-state index is 0.386. The average molecular weight is 233 g/mol. The molecule has 1 aromatic rings. The monoisotopic (exact) mass is 233 g/mol. The molecule has 0 atom stereocenters. The second kappa shape index (κ2) is 3.93. The van der Waals surface area contributed by atoms with Crippen molar-refractivity contribution in [3.63, 3.8) is 0 Å². The topological polar surface area (TPSA) is 48.4 Å². The minimum atomic E-state index is -0.514. The van der Waals surface area contributed by atoms with Gasteiger partial charge < -0.3 is 9.31 Å². The molecule has 1 aliphatic heterocycles. The van der Waals surface area contributed by atoms with E-state index in [0.29, 0.717) is 11.3 Å². The largest absolute Gasteiger partial charge is 0.514 e. The zero-order valence-electron chi connectivity index (χ0n) is 10.6. The fourth-order valence-corrected chi connectivity index (χ4v) is 1.63. The molecule has 0 radical (unpaired) electrons. The van der Waals surface area contributed by atoms with Gasteiger partial charge in [-0.05, 0) is 39.8 Å². The van der Waals surface area contributed by atoms with E-state index in [1.54, 1.807) is 18.2 Å². The number of carbonyl (C=O) groups is 1. The van der Waals surface area contributed by atoms with Crippen LogP contribution in [0.4, 0.5) is 0 Å². The quantitative estimate of drug-likeness (QED) is 0.568. The Morgan fingerprint density at radius 2 is 1.76 bits per heavy atom. The van der Waals surface area contributed by atoms with E-state index in [1.165, 1.54) is 0 Å². The number of aromatic nitrogens is 1. The van der Waals surface area contributed by atoms with E-state index >= 15 is 0 Å². The highest BCUT2D eigenvalue weighted by atomic mass is 16.7. The van der Waals surface area contributed by atoms with Crippen molar-refractivity contribution in [2.24, 2.45) is 0 Å². The molecule has 90 valence electrons. The Labute approximate surface area is 101 Å². The molecule has 1 aliphatic rings. The smallest absolute Gasteiger partial charge is 0.398 e. The predicted octanol–water partition coefficient (Wildman–Crippen LogP) is 1.19. The summed E-state index contributed by atoms with van der Waals surface area (Å²) in [5, 5.41) is 0. The summed E-state index contributed by atoms with van der Waals surface area (Å²) in [4.78, 5) is 14.9. The van der Waals surface area contributed by atoms with E-state index in [9.17, 15) is 4.79 Å². The third-order valence-electron chi connectivity index (χ3n) is 3.41. The maximum absolute atomic E-state index is 10.7. The van der Waals surface area contributed by atoms with E-state index in [4.69, 9.17) is 9.31 Å². The molecule has 0 bridgehead atoms. The van der Waals surface area contributed by atoms with Crippen LogP contribution in [0.5, 0.6) is 0 Å². The van der Waals surface area contributed by atoms with Crippen molar-refractivity contribution in [3.8, 4) is 0 Å². The Kier molecular flexibility index (Phi) is 2.83. The highest BCUT2D eigenvalue weighted by Gasteiger charge is 2.52. The summed E-state index contributed by atoms with van der Waals surface area (Å²) in [7, 11) is -0.514. The van der Waals surface area contributed by atoms with Crippen molar-refractivity contribution in [2.45, 2.75) is 38.9 Å². The third-order valence-corrected chi connectivity index (χ3v) is 3.41. The van der Waals surface area contributed by atoms with Gasteiger partial charge in [0.2, 0.25) is 0 Å². The molecular weight excluding hydrogens is 217 g/mol. The Morgan fingerprint density at radius 1 is 1.18 bits per heavy atom. The first-order chi connectivity index (χ1) is 7.86. The fraction of sp³-hybridized carbons (Fsp3) is 0.500. The Hall–Kier alpha value is -1.20. The van der Waals surface area contributed by atoms with Crippen molar-refractivity contribution in [1.29, 1.82) is 0 Å². The summed E-state index contributed by atoms with van der Waals surface area (Å²) in [5.41, 5.74) is 0.234. The van der Waals surface area contributed by atoms with Crippen molar-refractivity contribution in [1.82, 2.24) is 4.98 Å². The van der Waals surface area contributed by atoms with Crippen LogP contribution in [0.2, 0.25) is 0 Å². The molecule has 0 unspecified atom stereocenters. The van der Waals surface area contributed by atoms with Gasteiger partial charge in [0.25, 0.3) is 0 Å². The van der Waals surface area contributed by atoms with E-state index in [2.05, 4.69) is 4.98 Å². The molecule has 4 nitrogen and oxygen atoms in total.